The number of carbonyl (C=O) groups is 2. The number of anilines is 2. The highest BCUT2D eigenvalue weighted by Gasteiger charge is 2.55. The Kier molecular flexibility index (Phi) is 2.84. The molecule has 1 N–H and O–H groups in total. The van der Waals surface area contributed by atoms with Gasteiger partial charge in [-0.2, -0.15) is 0 Å². The van der Waals surface area contributed by atoms with Crippen molar-refractivity contribution < 1.29 is 9.59 Å². The van der Waals surface area contributed by atoms with Gasteiger partial charge in [-0.05, 0) is 23.6 Å². The van der Waals surface area contributed by atoms with E-state index in [-0.39, 0.29) is 11.8 Å². The molecule has 0 aromatic heterocycles. The van der Waals surface area contributed by atoms with Crippen molar-refractivity contribution in [2.45, 2.75) is 4.87 Å². The molecule has 0 saturated carbocycles. The molecule has 0 bridgehead atoms. The van der Waals surface area contributed by atoms with Crippen LogP contribution in [0.2, 0.25) is 0 Å². The van der Waals surface area contributed by atoms with Gasteiger partial charge in [0.05, 0.1) is 0 Å². The van der Waals surface area contributed by atoms with E-state index in [1.54, 1.807) is 10.3 Å². The maximum atomic E-state index is 12.8. The van der Waals surface area contributed by atoms with Crippen molar-refractivity contribution in [3.8, 4) is 0 Å². The molecule has 1 unspecified atom stereocenters. The summed E-state index contributed by atoms with van der Waals surface area (Å²) in [5.41, 5.74) is 2.27. The van der Waals surface area contributed by atoms with Gasteiger partial charge in [0.2, 0.25) is 4.87 Å². The van der Waals surface area contributed by atoms with E-state index in [1.807, 2.05) is 54.6 Å². The lowest BCUT2D eigenvalue weighted by atomic mass is 10.0. The first-order valence-electron chi connectivity index (χ1n) is 6.88. The molecule has 22 heavy (non-hydrogen) atoms. The van der Waals surface area contributed by atoms with Gasteiger partial charge < -0.3 is 5.32 Å². The standard InChI is InChI=1S/C17H12N2O2S/c20-15-10-11-22-17(19(15)12-6-2-1-3-7-12)13-8-4-5-9-14(13)18-16(17)21/h1-11H,(H,18,21). The molecular weight excluding hydrogens is 296 g/mol. The van der Waals surface area contributed by atoms with Gasteiger partial charge in [-0.25, -0.2) is 0 Å². The van der Waals surface area contributed by atoms with Crippen LogP contribution in [0.25, 0.3) is 0 Å². The Hall–Kier alpha value is -2.53. The Balaban J connectivity index is 1.98. The van der Waals surface area contributed by atoms with Gasteiger partial charge >= 0.3 is 0 Å². The molecule has 2 aliphatic rings. The summed E-state index contributed by atoms with van der Waals surface area (Å²) in [6.07, 6.45) is 1.50. The Labute approximate surface area is 131 Å². The van der Waals surface area contributed by atoms with Gasteiger partial charge in [-0.3, -0.25) is 14.5 Å². The highest BCUT2D eigenvalue weighted by molar-refractivity contribution is 8.04. The highest BCUT2D eigenvalue weighted by Crippen LogP contribution is 2.51. The van der Waals surface area contributed by atoms with Gasteiger partial charge in [-0.1, -0.05) is 48.2 Å². The molecule has 5 heteroatoms. The average Bonchev–Trinajstić information content (AvgIpc) is 2.81. The van der Waals surface area contributed by atoms with E-state index < -0.39 is 4.87 Å². The maximum Gasteiger partial charge on any atom is 0.266 e. The van der Waals surface area contributed by atoms with Crippen LogP contribution in [0, 0.1) is 0 Å². The predicted octanol–water partition coefficient (Wildman–Crippen LogP) is 3.09. The third-order valence-electron chi connectivity index (χ3n) is 3.85. The lowest BCUT2D eigenvalue weighted by Crippen LogP contribution is -2.52. The maximum absolute atomic E-state index is 12.8. The Bertz CT molecular complexity index is 803. The second-order valence-corrected chi connectivity index (χ2v) is 6.17. The van der Waals surface area contributed by atoms with Crippen LogP contribution in [-0.2, 0) is 14.5 Å². The number of carbonyl (C=O) groups excluding carboxylic acids is 2. The predicted molar refractivity (Wildman–Crippen MR) is 87.4 cm³/mol. The first-order valence-corrected chi connectivity index (χ1v) is 7.76. The summed E-state index contributed by atoms with van der Waals surface area (Å²) < 4.78 is 0. The number of nitrogens with one attached hydrogen (secondary N) is 1. The summed E-state index contributed by atoms with van der Waals surface area (Å²) in [6, 6.07) is 16.8. The van der Waals surface area contributed by atoms with E-state index in [2.05, 4.69) is 5.32 Å². The van der Waals surface area contributed by atoms with Gasteiger partial charge in [0, 0.05) is 23.0 Å². The normalized spacial score (nSPS) is 22.8. The van der Waals surface area contributed by atoms with Crippen LogP contribution >= 0.6 is 11.8 Å². The van der Waals surface area contributed by atoms with Crippen molar-refractivity contribution in [3.63, 3.8) is 0 Å². The fourth-order valence-electron chi connectivity index (χ4n) is 2.92. The average molecular weight is 308 g/mol. The molecule has 2 amide bonds. The Morgan fingerprint density at radius 3 is 2.50 bits per heavy atom. The van der Waals surface area contributed by atoms with Crippen LogP contribution in [0.15, 0.2) is 66.1 Å². The van der Waals surface area contributed by atoms with E-state index in [0.29, 0.717) is 5.69 Å². The zero-order valence-corrected chi connectivity index (χ0v) is 12.3. The van der Waals surface area contributed by atoms with Crippen LogP contribution < -0.4 is 10.2 Å². The molecule has 4 nitrogen and oxygen atoms in total. The number of rotatable bonds is 1. The van der Waals surface area contributed by atoms with E-state index in [0.717, 1.165) is 11.3 Å². The number of nitrogens with zero attached hydrogens (tertiary/aromatic N) is 1. The SMILES string of the molecule is O=C1C=CSC2(C(=O)Nc3ccccc32)N1c1ccccc1. The molecule has 108 valence electrons. The molecule has 0 radical (unpaired) electrons. The number of amides is 2. The smallest absolute Gasteiger partial charge is 0.266 e. The van der Waals surface area contributed by atoms with Crippen molar-refractivity contribution in [3.05, 3.63) is 71.6 Å². The van der Waals surface area contributed by atoms with Crippen LogP contribution in [0.5, 0.6) is 0 Å². The number of fused-ring (bicyclic) bond motifs is 2. The van der Waals surface area contributed by atoms with E-state index in [4.69, 9.17) is 0 Å². The van der Waals surface area contributed by atoms with Gasteiger partial charge in [0.25, 0.3) is 11.8 Å². The third kappa shape index (κ3) is 1.66. The molecule has 4 rings (SSSR count). The van der Waals surface area contributed by atoms with Crippen molar-refractivity contribution in [2.75, 3.05) is 10.2 Å². The van der Waals surface area contributed by atoms with Crippen molar-refractivity contribution >= 4 is 35.0 Å². The minimum absolute atomic E-state index is 0.194. The Morgan fingerprint density at radius 1 is 0.955 bits per heavy atom. The second kappa shape index (κ2) is 4.74. The van der Waals surface area contributed by atoms with Crippen molar-refractivity contribution in [1.29, 1.82) is 0 Å². The molecule has 1 atom stereocenters. The van der Waals surface area contributed by atoms with Crippen LogP contribution in [0.3, 0.4) is 0 Å². The molecule has 1 spiro atoms. The number of thioether (sulfide) groups is 1. The quantitative estimate of drug-likeness (QED) is 0.881. The summed E-state index contributed by atoms with van der Waals surface area (Å²) in [5.74, 6) is -0.392. The topological polar surface area (TPSA) is 49.4 Å². The highest BCUT2D eigenvalue weighted by atomic mass is 32.2. The molecule has 0 aliphatic carbocycles. The second-order valence-electron chi connectivity index (χ2n) is 5.07. The zero-order chi connectivity index (χ0) is 15.2. The fourth-order valence-corrected chi connectivity index (χ4v) is 4.06. The van der Waals surface area contributed by atoms with E-state index in [1.165, 1.54) is 17.8 Å². The molecule has 2 heterocycles. The minimum Gasteiger partial charge on any atom is -0.323 e. The van der Waals surface area contributed by atoms with Gasteiger partial charge in [0.15, 0.2) is 0 Å². The van der Waals surface area contributed by atoms with Gasteiger partial charge in [0.1, 0.15) is 0 Å². The van der Waals surface area contributed by atoms with Crippen molar-refractivity contribution in [1.82, 2.24) is 0 Å². The fraction of sp³-hybridized carbons (Fsp3) is 0.0588. The molecule has 2 aromatic rings. The molecule has 0 saturated heterocycles. The molecular formula is C17H12N2O2S. The largest absolute Gasteiger partial charge is 0.323 e. The first-order chi connectivity index (χ1) is 10.7. The molecule has 2 aromatic carbocycles. The van der Waals surface area contributed by atoms with E-state index >= 15 is 0 Å². The minimum atomic E-state index is -1.08. The number of benzene rings is 2. The van der Waals surface area contributed by atoms with Crippen LogP contribution in [0.4, 0.5) is 11.4 Å². The Morgan fingerprint density at radius 2 is 1.68 bits per heavy atom. The number of hydrogen-bond donors (Lipinski definition) is 1. The summed E-state index contributed by atoms with van der Waals surface area (Å²) in [7, 11) is 0. The van der Waals surface area contributed by atoms with Gasteiger partial charge in [-0.15, -0.1) is 0 Å². The lowest BCUT2D eigenvalue weighted by Gasteiger charge is -2.39. The summed E-state index contributed by atoms with van der Waals surface area (Å²) >= 11 is 1.34. The summed E-state index contributed by atoms with van der Waals surface area (Å²) in [4.78, 5) is 25.8. The lowest BCUT2D eigenvalue weighted by molar-refractivity contribution is -0.122. The number of para-hydroxylation sites is 2. The number of hydrogen-bond acceptors (Lipinski definition) is 3. The first kappa shape index (κ1) is 13.2. The van der Waals surface area contributed by atoms with Crippen LogP contribution in [-0.4, -0.2) is 11.8 Å². The van der Waals surface area contributed by atoms with Crippen LogP contribution in [0.1, 0.15) is 5.56 Å². The van der Waals surface area contributed by atoms with Crippen molar-refractivity contribution in [2.24, 2.45) is 0 Å². The summed E-state index contributed by atoms with van der Waals surface area (Å²) in [6.45, 7) is 0. The van der Waals surface area contributed by atoms with E-state index in [9.17, 15) is 9.59 Å². The zero-order valence-electron chi connectivity index (χ0n) is 11.5. The molecule has 0 fully saturated rings. The summed E-state index contributed by atoms with van der Waals surface area (Å²) in [5, 5.41) is 4.59. The third-order valence-corrected chi connectivity index (χ3v) is 5.05. The molecule has 2 aliphatic heterocycles. The monoisotopic (exact) mass is 308 g/mol.